The standard InChI is InChI=1S/C22H26BCl2NO8/c1-12(2)5-13(23-11-22(8-18(28)29,9-19(30)31)21(33)34-23)6-15(27)10-26-20(32)16-7-14(24)3-4-17(16)25/h3-4,7,12-13H,5-6,8-11H2,1-2H3,(H,26,32)(H,28,29)(H,30,31)/t13-/m1/s1. The molecule has 0 bridgehead atoms. The Balaban J connectivity index is 2.10. The van der Waals surface area contributed by atoms with Crippen LogP contribution in [0, 0.1) is 11.3 Å². The van der Waals surface area contributed by atoms with Gasteiger partial charge >= 0.3 is 18.9 Å². The first kappa shape index (κ1) is 27.7. The second kappa shape index (κ2) is 11.7. The van der Waals surface area contributed by atoms with Crippen LogP contribution in [0.1, 0.15) is 49.9 Å². The number of carbonyl (C=O) groups excluding carboxylic acids is 3. The zero-order valence-corrected chi connectivity index (χ0v) is 20.3. The predicted molar refractivity (Wildman–Crippen MR) is 125 cm³/mol. The summed E-state index contributed by atoms with van der Waals surface area (Å²) in [6, 6.07) is 4.38. The summed E-state index contributed by atoms with van der Waals surface area (Å²) in [6.45, 7) is 2.72. The number of hydrogen-bond acceptors (Lipinski definition) is 6. The van der Waals surface area contributed by atoms with Gasteiger partial charge in [-0.1, -0.05) is 43.5 Å². The number of halogens is 2. The normalized spacial score (nSPS) is 15.7. The van der Waals surface area contributed by atoms with Gasteiger partial charge in [0.1, 0.15) is 0 Å². The van der Waals surface area contributed by atoms with Gasteiger partial charge in [-0.25, -0.2) is 0 Å². The number of nitrogens with one attached hydrogen (secondary N) is 1. The first-order chi connectivity index (χ1) is 15.8. The fourth-order valence-electron chi connectivity index (χ4n) is 4.25. The molecule has 1 atom stereocenters. The Morgan fingerprint density at radius 2 is 1.76 bits per heavy atom. The monoisotopic (exact) mass is 513 g/mol. The highest BCUT2D eigenvalue weighted by Gasteiger charge is 2.55. The first-order valence-electron chi connectivity index (χ1n) is 10.7. The summed E-state index contributed by atoms with van der Waals surface area (Å²) in [5, 5.41) is 21.4. The van der Waals surface area contributed by atoms with Crippen LogP contribution in [0.2, 0.25) is 22.2 Å². The van der Waals surface area contributed by atoms with E-state index in [-0.39, 0.29) is 41.6 Å². The molecule has 1 amide bonds. The SMILES string of the molecule is CC(C)C[C@H](CC(=O)CNC(=O)c1cc(Cl)ccc1Cl)B1CC(CC(=O)O)(CC(=O)O)C(=O)O1. The van der Waals surface area contributed by atoms with Crippen LogP contribution in [-0.2, 0) is 23.8 Å². The average molecular weight is 514 g/mol. The summed E-state index contributed by atoms with van der Waals surface area (Å²) in [5.74, 6) is -4.75. The fourth-order valence-corrected chi connectivity index (χ4v) is 4.62. The van der Waals surface area contributed by atoms with Crippen LogP contribution in [0.15, 0.2) is 18.2 Å². The van der Waals surface area contributed by atoms with E-state index in [0.29, 0.717) is 11.4 Å². The van der Waals surface area contributed by atoms with Gasteiger partial charge in [-0.05, 0) is 36.3 Å². The number of aliphatic carboxylic acids is 2. The van der Waals surface area contributed by atoms with Crippen LogP contribution >= 0.6 is 23.2 Å². The second-order valence-corrected chi connectivity index (χ2v) is 9.85. The van der Waals surface area contributed by atoms with E-state index in [0.717, 1.165) is 0 Å². The highest BCUT2D eigenvalue weighted by molar-refractivity contribution is 6.58. The molecular weight excluding hydrogens is 488 g/mol. The predicted octanol–water partition coefficient (Wildman–Crippen LogP) is 3.58. The number of benzene rings is 1. The fraction of sp³-hybridized carbons (Fsp3) is 0.500. The molecule has 0 unspecified atom stereocenters. The molecule has 184 valence electrons. The summed E-state index contributed by atoms with van der Waals surface area (Å²) in [7, 11) is 0. The van der Waals surface area contributed by atoms with Crippen molar-refractivity contribution in [3.8, 4) is 0 Å². The minimum Gasteiger partial charge on any atom is -0.536 e. The van der Waals surface area contributed by atoms with Crippen molar-refractivity contribution in [1.82, 2.24) is 5.32 Å². The third kappa shape index (κ3) is 7.46. The van der Waals surface area contributed by atoms with Gasteiger partial charge in [-0.15, -0.1) is 0 Å². The topological polar surface area (TPSA) is 147 Å². The number of Topliss-reactive ketones (excluding diaryl/α,β-unsaturated/α-hetero) is 1. The third-order valence-corrected chi connectivity index (χ3v) is 6.24. The molecule has 0 aromatic heterocycles. The summed E-state index contributed by atoms with van der Waals surface area (Å²) >= 11 is 11.9. The third-order valence-electron chi connectivity index (χ3n) is 5.67. The maximum Gasteiger partial charge on any atom is 0.366 e. The van der Waals surface area contributed by atoms with E-state index < -0.39 is 54.8 Å². The molecule has 34 heavy (non-hydrogen) atoms. The minimum absolute atomic E-state index is 0.0457. The lowest BCUT2D eigenvalue weighted by Gasteiger charge is -2.22. The first-order valence-corrected chi connectivity index (χ1v) is 11.5. The van der Waals surface area contributed by atoms with Crippen LogP contribution in [0.25, 0.3) is 0 Å². The van der Waals surface area contributed by atoms with Crippen molar-refractivity contribution >= 4 is 59.7 Å². The van der Waals surface area contributed by atoms with Gasteiger partial charge in [0.15, 0.2) is 5.78 Å². The Labute approximate surface area is 207 Å². The zero-order valence-electron chi connectivity index (χ0n) is 18.8. The van der Waals surface area contributed by atoms with Gasteiger partial charge in [-0.3, -0.25) is 24.0 Å². The molecule has 0 spiro atoms. The van der Waals surface area contributed by atoms with E-state index in [1.165, 1.54) is 18.2 Å². The van der Waals surface area contributed by atoms with Crippen molar-refractivity contribution in [2.75, 3.05) is 6.54 Å². The quantitative estimate of drug-likeness (QED) is 0.359. The summed E-state index contributed by atoms with van der Waals surface area (Å²) in [6.07, 6.45) is -1.02. The Bertz CT molecular complexity index is 968. The van der Waals surface area contributed by atoms with E-state index in [2.05, 4.69) is 5.32 Å². The summed E-state index contributed by atoms with van der Waals surface area (Å²) < 4.78 is 5.43. The molecule has 1 saturated heterocycles. The van der Waals surface area contributed by atoms with E-state index in [1.807, 2.05) is 13.8 Å². The minimum atomic E-state index is -1.68. The van der Waals surface area contributed by atoms with Crippen molar-refractivity contribution in [3.63, 3.8) is 0 Å². The van der Waals surface area contributed by atoms with Crippen LogP contribution in [0.5, 0.6) is 0 Å². The molecule has 12 heteroatoms. The smallest absolute Gasteiger partial charge is 0.366 e. The number of ketones is 1. The highest BCUT2D eigenvalue weighted by atomic mass is 35.5. The number of carbonyl (C=O) groups is 5. The number of amides is 1. The lowest BCUT2D eigenvalue weighted by atomic mass is 9.47. The van der Waals surface area contributed by atoms with Gasteiger partial charge in [0.05, 0.1) is 35.4 Å². The number of carboxylic acid groups (broad SMARTS) is 2. The average Bonchev–Trinajstić information content (AvgIpc) is 3.01. The molecule has 1 fully saturated rings. The molecular formula is C22H26BCl2NO8. The second-order valence-electron chi connectivity index (χ2n) is 9.01. The van der Waals surface area contributed by atoms with Crippen molar-refractivity contribution in [2.24, 2.45) is 11.3 Å². The molecule has 3 N–H and O–H groups in total. The van der Waals surface area contributed by atoms with Crippen molar-refractivity contribution in [1.29, 1.82) is 0 Å². The Morgan fingerprint density at radius 1 is 1.15 bits per heavy atom. The molecule has 2 rings (SSSR count). The molecule has 1 heterocycles. The number of hydrogen-bond donors (Lipinski definition) is 3. The van der Waals surface area contributed by atoms with Gasteiger partial charge in [-0.2, -0.15) is 0 Å². The van der Waals surface area contributed by atoms with Crippen molar-refractivity contribution < 1.29 is 38.8 Å². The highest BCUT2D eigenvalue weighted by Crippen LogP contribution is 2.45. The summed E-state index contributed by atoms with van der Waals surface area (Å²) in [4.78, 5) is 60.3. The van der Waals surface area contributed by atoms with E-state index in [9.17, 15) is 34.2 Å². The van der Waals surface area contributed by atoms with Gasteiger partial charge < -0.3 is 20.2 Å². The molecule has 0 aliphatic carbocycles. The molecule has 9 nitrogen and oxygen atoms in total. The Hall–Kier alpha value is -2.59. The molecule has 1 aromatic rings. The molecule has 1 aliphatic rings. The van der Waals surface area contributed by atoms with E-state index in [1.54, 1.807) is 0 Å². The van der Waals surface area contributed by atoms with Crippen LogP contribution in [0.3, 0.4) is 0 Å². The lowest BCUT2D eigenvalue weighted by Crippen LogP contribution is -2.33. The van der Waals surface area contributed by atoms with E-state index >= 15 is 0 Å². The van der Waals surface area contributed by atoms with Crippen LogP contribution in [0.4, 0.5) is 0 Å². The molecule has 0 saturated carbocycles. The lowest BCUT2D eigenvalue weighted by molar-refractivity contribution is -0.154. The zero-order chi connectivity index (χ0) is 25.6. The van der Waals surface area contributed by atoms with Crippen molar-refractivity contribution in [3.05, 3.63) is 33.8 Å². The summed E-state index contributed by atoms with van der Waals surface area (Å²) in [5.41, 5.74) is -1.56. The maximum atomic E-state index is 12.7. The Kier molecular flexibility index (Phi) is 9.52. The molecule has 1 aromatic carbocycles. The van der Waals surface area contributed by atoms with Gasteiger partial charge in [0, 0.05) is 11.4 Å². The molecule has 0 radical (unpaired) electrons. The van der Waals surface area contributed by atoms with Crippen molar-refractivity contribution in [2.45, 2.75) is 51.7 Å². The van der Waals surface area contributed by atoms with Gasteiger partial charge in [0.2, 0.25) is 0 Å². The Morgan fingerprint density at radius 3 is 2.32 bits per heavy atom. The number of carboxylic acids is 2. The number of rotatable bonds is 12. The van der Waals surface area contributed by atoms with Gasteiger partial charge in [0.25, 0.3) is 11.9 Å². The maximum absolute atomic E-state index is 12.7. The van der Waals surface area contributed by atoms with Crippen LogP contribution in [-0.4, -0.2) is 53.3 Å². The molecule has 1 aliphatic heterocycles. The largest absolute Gasteiger partial charge is 0.536 e. The van der Waals surface area contributed by atoms with Crippen LogP contribution < -0.4 is 5.32 Å². The van der Waals surface area contributed by atoms with E-state index in [4.69, 9.17) is 27.9 Å².